The largest absolute Gasteiger partial charge is 0.275 e. The summed E-state index contributed by atoms with van der Waals surface area (Å²) in [5.41, 5.74) is 0. The van der Waals surface area contributed by atoms with Gasteiger partial charge in [0.05, 0.1) is 44.2 Å². The summed E-state index contributed by atoms with van der Waals surface area (Å²) in [5, 5.41) is 17.7. The lowest BCUT2D eigenvalue weighted by Gasteiger charge is -2.50. The maximum Gasteiger partial charge on any atom is 0.0888 e. The van der Waals surface area contributed by atoms with E-state index in [0.29, 0.717) is 32.1 Å². The summed E-state index contributed by atoms with van der Waals surface area (Å²) in [6.45, 7) is 5.82. The smallest absolute Gasteiger partial charge is 0.0888 e. The molecular formula is C12H21N5. The van der Waals surface area contributed by atoms with E-state index in [1.807, 2.05) is 0 Å². The third-order valence-corrected chi connectivity index (χ3v) is 3.42. The Morgan fingerprint density at radius 3 is 1.71 bits per heavy atom. The normalized spacial score (nSPS) is 27.6. The molecule has 94 valence electrons. The van der Waals surface area contributed by atoms with Crippen LogP contribution in [0.25, 0.3) is 0 Å². The number of nitriles is 2. The van der Waals surface area contributed by atoms with E-state index in [1.54, 1.807) is 0 Å². The molecule has 0 radical (unpaired) electrons. The Morgan fingerprint density at radius 2 is 1.41 bits per heavy atom. The fourth-order valence-electron chi connectivity index (χ4n) is 2.72. The average molecular weight is 235 g/mol. The molecule has 1 saturated heterocycles. The Hall–Kier alpha value is -1.14. The summed E-state index contributed by atoms with van der Waals surface area (Å²) in [6, 6.07) is 4.41. The monoisotopic (exact) mass is 235 g/mol. The summed E-state index contributed by atoms with van der Waals surface area (Å²) in [7, 11) is 2.08. The molecule has 0 saturated carbocycles. The van der Waals surface area contributed by atoms with Crippen LogP contribution in [0, 0.1) is 22.7 Å². The van der Waals surface area contributed by atoms with Crippen molar-refractivity contribution in [2.75, 3.05) is 26.8 Å². The van der Waals surface area contributed by atoms with Gasteiger partial charge in [0, 0.05) is 0 Å². The molecule has 0 aliphatic carbocycles. The molecule has 1 aliphatic rings. The first-order valence-corrected chi connectivity index (χ1v) is 6.13. The molecule has 1 heterocycles. The summed E-state index contributed by atoms with van der Waals surface area (Å²) in [5.74, 6) is 0. The van der Waals surface area contributed by atoms with E-state index in [0.717, 1.165) is 12.8 Å². The van der Waals surface area contributed by atoms with Gasteiger partial charge in [0.25, 0.3) is 0 Å². The molecule has 0 aromatic heterocycles. The predicted octanol–water partition coefficient (Wildman–Crippen LogP) is 1.01. The Balaban J connectivity index is 2.85. The molecule has 1 rings (SSSR count). The molecule has 1 fully saturated rings. The highest BCUT2D eigenvalue weighted by Crippen LogP contribution is 2.22. The molecule has 0 spiro atoms. The minimum absolute atomic E-state index is 0.301. The lowest BCUT2D eigenvalue weighted by molar-refractivity contribution is -0.112. The van der Waals surface area contributed by atoms with E-state index in [2.05, 4.69) is 47.7 Å². The third kappa shape index (κ3) is 2.95. The maximum absolute atomic E-state index is 8.86. The van der Waals surface area contributed by atoms with Gasteiger partial charge in [0.2, 0.25) is 0 Å². The molecule has 0 bridgehead atoms. The minimum Gasteiger partial charge on any atom is -0.275 e. The number of hydrogen-bond acceptors (Lipinski definition) is 5. The van der Waals surface area contributed by atoms with Crippen LogP contribution in [0.1, 0.15) is 26.7 Å². The zero-order chi connectivity index (χ0) is 12.8. The van der Waals surface area contributed by atoms with E-state index in [9.17, 15) is 0 Å². The zero-order valence-electron chi connectivity index (χ0n) is 10.9. The molecule has 5 nitrogen and oxygen atoms in total. The quantitative estimate of drug-likeness (QED) is 0.681. The summed E-state index contributed by atoms with van der Waals surface area (Å²) < 4.78 is 0. The summed E-state index contributed by atoms with van der Waals surface area (Å²) >= 11 is 0. The Kier molecular flexibility index (Phi) is 5.37. The number of nitrogens with zero attached hydrogens (tertiary/aromatic N) is 5. The molecular weight excluding hydrogens is 214 g/mol. The van der Waals surface area contributed by atoms with Crippen LogP contribution in [-0.4, -0.2) is 53.8 Å². The predicted molar refractivity (Wildman–Crippen MR) is 65.4 cm³/mol. The molecule has 0 amide bonds. The zero-order valence-corrected chi connectivity index (χ0v) is 10.9. The van der Waals surface area contributed by atoms with Gasteiger partial charge in [-0.05, 0) is 19.9 Å². The standard InChI is InChI=1S/C12H21N5/c1-4-11-15(3)12(5-2)17(9-7-14)10-16(11)8-6-13/h11-12H,4-5,8-10H2,1-3H3. The highest BCUT2D eigenvalue weighted by molar-refractivity contribution is 4.90. The van der Waals surface area contributed by atoms with Crippen LogP contribution in [0.4, 0.5) is 0 Å². The van der Waals surface area contributed by atoms with E-state index >= 15 is 0 Å². The highest BCUT2D eigenvalue weighted by Gasteiger charge is 2.35. The van der Waals surface area contributed by atoms with Crippen molar-refractivity contribution >= 4 is 0 Å². The molecule has 1 aliphatic heterocycles. The second kappa shape index (κ2) is 6.56. The van der Waals surface area contributed by atoms with Gasteiger partial charge in [-0.2, -0.15) is 10.5 Å². The lowest BCUT2D eigenvalue weighted by Crippen LogP contribution is -2.64. The van der Waals surface area contributed by atoms with Gasteiger partial charge in [-0.15, -0.1) is 0 Å². The van der Waals surface area contributed by atoms with Crippen molar-refractivity contribution in [1.29, 1.82) is 10.5 Å². The number of rotatable bonds is 4. The van der Waals surface area contributed by atoms with Crippen molar-refractivity contribution in [1.82, 2.24) is 14.7 Å². The molecule has 5 heteroatoms. The average Bonchev–Trinajstić information content (AvgIpc) is 2.30. The van der Waals surface area contributed by atoms with Crippen LogP contribution in [-0.2, 0) is 0 Å². The lowest BCUT2D eigenvalue weighted by atomic mass is 10.2. The van der Waals surface area contributed by atoms with Gasteiger partial charge < -0.3 is 0 Å². The van der Waals surface area contributed by atoms with Gasteiger partial charge in [0.15, 0.2) is 0 Å². The second-order valence-electron chi connectivity index (χ2n) is 4.39. The SMILES string of the molecule is CCC1N(CC#N)CN(CC#N)C(CC)N1C. The second-order valence-corrected chi connectivity index (χ2v) is 4.39. The summed E-state index contributed by atoms with van der Waals surface area (Å²) in [6.07, 6.45) is 2.59. The van der Waals surface area contributed by atoms with Crippen LogP contribution in [0.3, 0.4) is 0 Å². The van der Waals surface area contributed by atoms with Crippen LogP contribution in [0.2, 0.25) is 0 Å². The van der Waals surface area contributed by atoms with Gasteiger partial charge in [-0.3, -0.25) is 14.7 Å². The Morgan fingerprint density at radius 1 is 1.00 bits per heavy atom. The Bertz CT molecular complexity index is 286. The van der Waals surface area contributed by atoms with Crippen LogP contribution in [0.15, 0.2) is 0 Å². The van der Waals surface area contributed by atoms with Crippen molar-refractivity contribution < 1.29 is 0 Å². The van der Waals surface area contributed by atoms with E-state index in [4.69, 9.17) is 10.5 Å². The van der Waals surface area contributed by atoms with Crippen molar-refractivity contribution in [2.45, 2.75) is 39.0 Å². The van der Waals surface area contributed by atoms with Crippen LogP contribution < -0.4 is 0 Å². The molecule has 2 unspecified atom stereocenters. The van der Waals surface area contributed by atoms with Crippen molar-refractivity contribution in [2.24, 2.45) is 0 Å². The van der Waals surface area contributed by atoms with E-state index < -0.39 is 0 Å². The molecule has 0 aromatic carbocycles. The van der Waals surface area contributed by atoms with Crippen molar-refractivity contribution in [3.8, 4) is 12.1 Å². The van der Waals surface area contributed by atoms with E-state index in [-0.39, 0.29) is 0 Å². The molecule has 2 atom stereocenters. The molecule has 0 aromatic rings. The summed E-state index contributed by atoms with van der Waals surface area (Å²) in [4.78, 5) is 6.53. The fraction of sp³-hybridized carbons (Fsp3) is 0.833. The van der Waals surface area contributed by atoms with Crippen LogP contribution >= 0.6 is 0 Å². The fourth-order valence-corrected chi connectivity index (χ4v) is 2.72. The maximum atomic E-state index is 8.86. The van der Waals surface area contributed by atoms with E-state index in [1.165, 1.54) is 0 Å². The van der Waals surface area contributed by atoms with Gasteiger partial charge in [0.1, 0.15) is 0 Å². The first-order valence-electron chi connectivity index (χ1n) is 6.13. The molecule has 0 N–H and O–H groups in total. The first-order chi connectivity index (χ1) is 8.19. The van der Waals surface area contributed by atoms with Crippen molar-refractivity contribution in [3.63, 3.8) is 0 Å². The third-order valence-electron chi connectivity index (χ3n) is 3.42. The van der Waals surface area contributed by atoms with Crippen LogP contribution in [0.5, 0.6) is 0 Å². The first kappa shape index (κ1) is 13.9. The highest BCUT2D eigenvalue weighted by atomic mass is 15.5. The van der Waals surface area contributed by atoms with Crippen molar-refractivity contribution in [3.05, 3.63) is 0 Å². The van der Waals surface area contributed by atoms with Gasteiger partial charge in [-0.1, -0.05) is 13.8 Å². The molecule has 17 heavy (non-hydrogen) atoms. The number of hydrogen-bond donors (Lipinski definition) is 0. The topological polar surface area (TPSA) is 57.3 Å². The van der Waals surface area contributed by atoms with Gasteiger partial charge in [-0.25, -0.2) is 0 Å². The minimum atomic E-state index is 0.301. The van der Waals surface area contributed by atoms with Gasteiger partial charge >= 0.3 is 0 Å². The Labute approximate surface area is 104 Å².